The smallest absolute Gasteiger partial charge is 0.358 e. The Hall–Kier alpha value is -3.79. The average molecular weight is 436 g/mol. The number of aromatic nitrogens is 4. The first-order valence-electron chi connectivity index (χ1n) is 9.53. The van der Waals surface area contributed by atoms with Gasteiger partial charge in [0, 0.05) is 6.20 Å². The van der Waals surface area contributed by atoms with Crippen molar-refractivity contribution in [1.29, 1.82) is 0 Å². The molecular weight excluding hydrogens is 416 g/mol. The maximum absolute atomic E-state index is 12.6. The molecule has 4 aromatic rings. The van der Waals surface area contributed by atoms with Gasteiger partial charge in [-0.2, -0.15) is 9.78 Å². The van der Waals surface area contributed by atoms with Crippen LogP contribution < -0.4 is 5.32 Å². The van der Waals surface area contributed by atoms with Crippen LogP contribution in [0.2, 0.25) is 0 Å². The molecule has 0 unspecified atom stereocenters. The van der Waals surface area contributed by atoms with Crippen molar-refractivity contribution in [2.45, 2.75) is 26.9 Å². The highest BCUT2D eigenvalue weighted by Gasteiger charge is 2.17. The number of benzene rings is 1. The summed E-state index contributed by atoms with van der Waals surface area (Å²) in [4.78, 5) is 23.5. The van der Waals surface area contributed by atoms with Gasteiger partial charge in [0.05, 0.1) is 46.7 Å². The summed E-state index contributed by atoms with van der Waals surface area (Å²) >= 11 is 1.31. The first-order valence-corrected chi connectivity index (χ1v) is 10.4. The number of rotatable bonds is 7. The van der Waals surface area contributed by atoms with Gasteiger partial charge in [-0.05, 0) is 46.9 Å². The van der Waals surface area contributed by atoms with Crippen LogP contribution >= 0.6 is 11.3 Å². The number of thiophene rings is 1. The van der Waals surface area contributed by atoms with Gasteiger partial charge in [0.1, 0.15) is 0 Å². The van der Waals surface area contributed by atoms with E-state index in [4.69, 9.17) is 0 Å². The standard InChI is InChI=1S/C21H20N6O3S/c1-14-5-3-4-6-17(14)11-25-12-18(9-22-25)23-21(28)19-8-16(13-31-19)10-26-15(2)7-20(24-26)27(29)30/h3-9,12-13H,10-11H2,1-2H3,(H,23,28). The largest absolute Gasteiger partial charge is 0.390 e. The van der Waals surface area contributed by atoms with Crippen molar-refractivity contribution < 1.29 is 9.72 Å². The fourth-order valence-electron chi connectivity index (χ4n) is 3.16. The lowest BCUT2D eigenvalue weighted by atomic mass is 10.1. The van der Waals surface area contributed by atoms with Gasteiger partial charge in [0.25, 0.3) is 5.91 Å². The molecule has 0 spiro atoms. The fraction of sp³-hybridized carbons (Fsp3) is 0.190. The molecule has 0 fully saturated rings. The second-order valence-electron chi connectivity index (χ2n) is 7.19. The van der Waals surface area contributed by atoms with Crippen LogP contribution in [0.5, 0.6) is 0 Å². The molecule has 0 saturated heterocycles. The summed E-state index contributed by atoms with van der Waals surface area (Å²) in [6.45, 7) is 4.80. The SMILES string of the molecule is Cc1ccccc1Cn1cc(NC(=O)c2cc(Cn3nc([N+](=O)[O-])cc3C)cs2)cn1. The first kappa shape index (κ1) is 20.5. The second kappa shape index (κ2) is 8.52. The van der Waals surface area contributed by atoms with Gasteiger partial charge >= 0.3 is 5.82 Å². The van der Waals surface area contributed by atoms with E-state index in [1.807, 2.05) is 17.5 Å². The molecule has 1 aromatic carbocycles. The summed E-state index contributed by atoms with van der Waals surface area (Å²) in [5, 5.41) is 23.9. The summed E-state index contributed by atoms with van der Waals surface area (Å²) in [5.41, 5.74) is 4.51. The van der Waals surface area contributed by atoms with Gasteiger partial charge in [-0.25, -0.2) is 0 Å². The summed E-state index contributed by atoms with van der Waals surface area (Å²) in [6, 6.07) is 11.3. The van der Waals surface area contributed by atoms with Crippen LogP contribution in [0.15, 0.2) is 54.2 Å². The number of nitrogens with zero attached hydrogens (tertiary/aromatic N) is 5. The molecule has 9 nitrogen and oxygen atoms in total. The van der Waals surface area contributed by atoms with Crippen LogP contribution in [0, 0.1) is 24.0 Å². The zero-order chi connectivity index (χ0) is 22.0. The molecule has 0 radical (unpaired) electrons. The Kier molecular flexibility index (Phi) is 5.63. The number of anilines is 1. The highest BCUT2D eigenvalue weighted by molar-refractivity contribution is 7.12. The van der Waals surface area contributed by atoms with E-state index in [2.05, 4.69) is 34.6 Å². The van der Waals surface area contributed by atoms with Crippen molar-refractivity contribution in [2.24, 2.45) is 0 Å². The Labute approximate surface area is 182 Å². The van der Waals surface area contributed by atoms with Crippen molar-refractivity contribution in [1.82, 2.24) is 19.6 Å². The molecule has 3 aromatic heterocycles. The number of amides is 1. The minimum absolute atomic E-state index is 0.187. The molecule has 0 bridgehead atoms. The number of carbonyl (C=O) groups excluding carboxylic acids is 1. The third-order valence-corrected chi connectivity index (χ3v) is 5.83. The van der Waals surface area contributed by atoms with Gasteiger partial charge in [-0.1, -0.05) is 24.3 Å². The van der Waals surface area contributed by atoms with E-state index in [1.165, 1.54) is 28.5 Å². The number of hydrogen-bond donors (Lipinski definition) is 1. The predicted molar refractivity (Wildman–Crippen MR) is 118 cm³/mol. The normalized spacial score (nSPS) is 10.9. The van der Waals surface area contributed by atoms with Crippen molar-refractivity contribution >= 4 is 28.7 Å². The molecule has 0 atom stereocenters. The molecule has 1 amide bonds. The lowest BCUT2D eigenvalue weighted by Gasteiger charge is -2.05. The zero-order valence-electron chi connectivity index (χ0n) is 17.0. The van der Waals surface area contributed by atoms with Crippen LogP contribution in [0.25, 0.3) is 0 Å². The molecule has 1 N–H and O–H groups in total. The second-order valence-corrected chi connectivity index (χ2v) is 8.10. The Morgan fingerprint density at radius 2 is 2.03 bits per heavy atom. The Balaban J connectivity index is 1.40. The maximum Gasteiger partial charge on any atom is 0.390 e. The van der Waals surface area contributed by atoms with Gasteiger partial charge < -0.3 is 15.4 Å². The lowest BCUT2D eigenvalue weighted by Crippen LogP contribution is -2.10. The van der Waals surface area contributed by atoms with E-state index in [1.54, 1.807) is 34.7 Å². The van der Waals surface area contributed by atoms with E-state index in [9.17, 15) is 14.9 Å². The highest BCUT2D eigenvalue weighted by Crippen LogP contribution is 2.20. The van der Waals surface area contributed by atoms with Crippen molar-refractivity contribution in [3.05, 3.63) is 91.5 Å². The van der Waals surface area contributed by atoms with E-state index in [-0.39, 0.29) is 11.7 Å². The van der Waals surface area contributed by atoms with Gasteiger partial charge in [0.2, 0.25) is 0 Å². The third-order valence-electron chi connectivity index (χ3n) is 4.85. The Morgan fingerprint density at radius 1 is 1.23 bits per heavy atom. The molecule has 0 aliphatic carbocycles. The van der Waals surface area contributed by atoms with Crippen LogP contribution in [0.1, 0.15) is 32.1 Å². The molecule has 4 rings (SSSR count). The molecule has 158 valence electrons. The fourth-order valence-corrected chi connectivity index (χ4v) is 3.96. The van der Waals surface area contributed by atoms with Crippen molar-refractivity contribution in [3.63, 3.8) is 0 Å². The van der Waals surface area contributed by atoms with E-state index in [0.717, 1.165) is 5.56 Å². The summed E-state index contributed by atoms with van der Waals surface area (Å²) in [5.74, 6) is -0.414. The first-order chi connectivity index (χ1) is 14.9. The van der Waals surface area contributed by atoms with Gasteiger partial charge in [0.15, 0.2) is 0 Å². The number of carbonyl (C=O) groups is 1. The minimum Gasteiger partial charge on any atom is -0.358 e. The van der Waals surface area contributed by atoms with E-state index in [0.29, 0.717) is 29.3 Å². The number of hydrogen-bond acceptors (Lipinski definition) is 6. The highest BCUT2D eigenvalue weighted by atomic mass is 32.1. The molecule has 10 heteroatoms. The van der Waals surface area contributed by atoms with Gasteiger partial charge in [-0.3, -0.25) is 9.48 Å². The average Bonchev–Trinajstić information content (AvgIpc) is 3.45. The van der Waals surface area contributed by atoms with Crippen LogP contribution in [-0.4, -0.2) is 30.4 Å². The third kappa shape index (κ3) is 4.69. The number of aryl methyl sites for hydroxylation is 2. The van der Waals surface area contributed by atoms with Crippen LogP contribution in [0.3, 0.4) is 0 Å². The Bertz CT molecular complexity index is 1260. The monoisotopic (exact) mass is 436 g/mol. The predicted octanol–water partition coefficient (Wildman–Crippen LogP) is 4.02. The Morgan fingerprint density at radius 3 is 2.77 bits per heavy atom. The topological polar surface area (TPSA) is 108 Å². The van der Waals surface area contributed by atoms with E-state index >= 15 is 0 Å². The van der Waals surface area contributed by atoms with Crippen LogP contribution in [0.4, 0.5) is 11.5 Å². The van der Waals surface area contributed by atoms with E-state index < -0.39 is 4.92 Å². The quantitative estimate of drug-likeness (QED) is 0.348. The van der Waals surface area contributed by atoms with Crippen molar-refractivity contribution in [2.75, 3.05) is 5.32 Å². The molecular formula is C21H20N6O3S. The molecule has 0 saturated carbocycles. The molecule has 0 aliphatic rings. The molecule has 0 aliphatic heterocycles. The minimum atomic E-state index is -0.519. The summed E-state index contributed by atoms with van der Waals surface area (Å²) < 4.78 is 3.34. The van der Waals surface area contributed by atoms with Crippen molar-refractivity contribution in [3.8, 4) is 0 Å². The number of nitrogens with one attached hydrogen (secondary N) is 1. The van der Waals surface area contributed by atoms with Crippen LogP contribution in [-0.2, 0) is 13.1 Å². The zero-order valence-corrected chi connectivity index (χ0v) is 17.8. The lowest BCUT2D eigenvalue weighted by molar-refractivity contribution is -0.389. The molecule has 3 heterocycles. The van der Waals surface area contributed by atoms with Gasteiger partial charge in [-0.15, -0.1) is 11.3 Å². The number of nitro groups is 1. The summed E-state index contributed by atoms with van der Waals surface area (Å²) in [7, 11) is 0. The molecule has 31 heavy (non-hydrogen) atoms. The summed E-state index contributed by atoms with van der Waals surface area (Å²) in [6.07, 6.45) is 3.42. The maximum atomic E-state index is 12.6.